The van der Waals surface area contributed by atoms with Gasteiger partial charge in [0.25, 0.3) is 0 Å². The largest absolute Gasteiger partial charge is 0.478 e. The highest BCUT2D eigenvalue weighted by molar-refractivity contribution is 8.04. The molecule has 0 atom stereocenters. The molecule has 4 heterocycles. The van der Waals surface area contributed by atoms with Crippen molar-refractivity contribution in [2.45, 2.75) is 101 Å². The maximum atomic E-state index is 14.2. The smallest absolute Gasteiger partial charge is 0.340 e. The van der Waals surface area contributed by atoms with Gasteiger partial charge >= 0.3 is 11.9 Å². The Morgan fingerprint density at radius 3 is 1.65 bits per heavy atom. The van der Waals surface area contributed by atoms with Crippen molar-refractivity contribution in [3.05, 3.63) is 151 Å². The van der Waals surface area contributed by atoms with Crippen LogP contribution in [0.2, 0.25) is 0 Å². The second kappa shape index (κ2) is 18.1. The summed E-state index contributed by atoms with van der Waals surface area (Å²) in [5.74, 6) is -0.970. The summed E-state index contributed by atoms with van der Waals surface area (Å²) in [5.41, 5.74) is 6.16. The van der Waals surface area contributed by atoms with Gasteiger partial charge in [0, 0.05) is 37.6 Å². The number of nitrogens with one attached hydrogen (secondary N) is 2. The molecule has 0 aliphatic carbocycles. The topological polar surface area (TPSA) is 144 Å². The highest BCUT2D eigenvalue weighted by atomic mass is 32.2. The molecule has 4 aliphatic heterocycles. The SMILES string of the molecule is C.CCCCCCc1cc2c(cc1/C(C#N)=C1/Nc3ccccc3S1)Oc1cc(/C(C#N)=C3/Nc4ccccc4S3)c(CCCCCC)cc1C21OC(=O)c2ccc(C(=O)O)cc21. The van der Waals surface area contributed by atoms with Crippen LogP contribution in [-0.2, 0) is 23.2 Å². The molecule has 0 bridgehead atoms. The summed E-state index contributed by atoms with van der Waals surface area (Å²) in [6.07, 6.45) is 9.25. The normalized spacial score (nSPS) is 16.0. The van der Waals surface area contributed by atoms with Crippen LogP contribution in [0.1, 0.15) is 132 Å². The van der Waals surface area contributed by atoms with Crippen molar-refractivity contribution < 1.29 is 24.2 Å². The molecule has 1 spiro atoms. The van der Waals surface area contributed by atoms with E-state index in [2.05, 4.69) is 36.6 Å². The van der Waals surface area contributed by atoms with Gasteiger partial charge in [-0.3, -0.25) is 0 Å². The van der Waals surface area contributed by atoms with E-state index in [0.717, 1.165) is 83.7 Å². The number of ether oxygens (including phenoxy) is 2. The number of hydrogen-bond acceptors (Lipinski definition) is 10. The Hall–Kier alpha value is -6.40. The molecule has 9 rings (SSSR count). The second-order valence-electron chi connectivity index (χ2n) is 15.9. The minimum Gasteiger partial charge on any atom is -0.478 e. The minimum absolute atomic E-state index is 0. The van der Waals surface area contributed by atoms with Crippen LogP contribution >= 0.6 is 23.5 Å². The fourth-order valence-corrected chi connectivity index (χ4v) is 10.9. The number of hydrogen-bond donors (Lipinski definition) is 3. The average molecular weight is 873 g/mol. The lowest BCUT2D eigenvalue weighted by molar-refractivity contribution is 0.0223. The summed E-state index contributed by atoms with van der Waals surface area (Å²) in [6, 6.07) is 33.2. The zero-order chi connectivity index (χ0) is 43.0. The molecule has 0 unspecified atom stereocenters. The van der Waals surface area contributed by atoms with Gasteiger partial charge in [-0.25, -0.2) is 9.59 Å². The average Bonchev–Trinajstić information content (AvgIpc) is 3.99. The highest BCUT2D eigenvalue weighted by Gasteiger charge is 2.54. The van der Waals surface area contributed by atoms with E-state index in [0.29, 0.717) is 73.4 Å². The quantitative estimate of drug-likeness (QED) is 0.0590. The molecule has 0 aromatic heterocycles. The van der Waals surface area contributed by atoms with Crippen LogP contribution in [0.25, 0.3) is 11.1 Å². The minimum atomic E-state index is -1.60. The van der Waals surface area contributed by atoms with E-state index in [1.54, 1.807) is 6.07 Å². The van der Waals surface area contributed by atoms with E-state index in [9.17, 15) is 25.2 Å². The van der Waals surface area contributed by atoms with Crippen LogP contribution in [0.5, 0.6) is 11.5 Å². The van der Waals surface area contributed by atoms with Crippen LogP contribution in [0.15, 0.2) is 111 Å². The standard InChI is InChI=1S/C51H44N4O5S2.CH4/c1-3-5-7-9-15-30-23-39-43(26-34(30)36(28-52)47-54-41-17-11-13-19-45(41)61-47)59-44-27-35(37(29-53)48-55-42-18-12-14-20-46(42)62-48)31(16-10-8-6-4-2)24-40(44)51(39)38-25-32(49(56)57)21-22-33(38)50(58)60-51;/h11-14,17-27,54-55H,3-10,15-16H2,1-2H3,(H,56,57);1H4/b47-36-,48-37-;. The van der Waals surface area contributed by atoms with Crippen molar-refractivity contribution in [2.75, 3.05) is 10.6 Å². The number of benzene rings is 5. The van der Waals surface area contributed by atoms with Crippen LogP contribution in [0.4, 0.5) is 11.4 Å². The van der Waals surface area contributed by atoms with E-state index in [1.165, 1.54) is 35.7 Å². The molecule has 318 valence electrons. The van der Waals surface area contributed by atoms with Crippen LogP contribution in [-0.4, -0.2) is 17.0 Å². The van der Waals surface area contributed by atoms with Crippen molar-refractivity contribution in [3.8, 4) is 23.6 Å². The molecule has 0 radical (unpaired) electrons. The number of carboxylic acid groups (broad SMARTS) is 1. The van der Waals surface area contributed by atoms with Crippen molar-refractivity contribution in [2.24, 2.45) is 0 Å². The van der Waals surface area contributed by atoms with Crippen molar-refractivity contribution in [1.82, 2.24) is 0 Å². The number of esters is 1. The number of anilines is 2. The van der Waals surface area contributed by atoms with E-state index >= 15 is 0 Å². The van der Waals surface area contributed by atoms with E-state index in [1.807, 2.05) is 72.8 Å². The first-order chi connectivity index (χ1) is 30.3. The molecule has 9 nitrogen and oxygen atoms in total. The predicted octanol–water partition coefficient (Wildman–Crippen LogP) is 13.7. The number of allylic oxidation sites excluding steroid dienone is 2. The number of para-hydroxylation sites is 2. The van der Waals surface area contributed by atoms with E-state index < -0.39 is 17.5 Å². The number of aromatic carboxylic acids is 1. The van der Waals surface area contributed by atoms with E-state index in [-0.39, 0.29) is 18.6 Å². The zero-order valence-corrected chi connectivity index (χ0v) is 36.2. The maximum Gasteiger partial charge on any atom is 0.340 e. The molecular weight excluding hydrogens is 825 g/mol. The van der Waals surface area contributed by atoms with Gasteiger partial charge in [-0.15, -0.1) is 0 Å². The molecule has 0 fully saturated rings. The Balaban J connectivity index is 0.00000544. The van der Waals surface area contributed by atoms with E-state index in [4.69, 9.17) is 9.47 Å². The molecule has 11 heteroatoms. The van der Waals surface area contributed by atoms with Gasteiger partial charge in [-0.1, -0.05) is 108 Å². The molecule has 0 amide bonds. The van der Waals surface area contributed by atoms with Crippen molar-refractivity contribution in [1.29, 1.82) is 10.5 Å². The number of carbonyl (C=O) groups excluding carboxylic acids is 1. The second-order valence-corrected chi connectivity index (χ2v) is 18.1. The first kappa shape index (κ1) is 43.3. The Morgan fingerprint density at radius 1 is 0.683 bits per heavy atom. The Kier molecular flexibility index (Phi) is 12.5. The predicted molar refractivity (Wildman–Crippen MR) is 251 cm³/mol. The number of aryl methyl sites for hydroxylation is 2. The van der Waals surface area contributed by atoms with Gasteiger partial charge in [0.2, 0.25) is 0 Å². The van der Waals surface area contributed by atoms with Crippen molar-refractivity contribution >= 4 is 58.0 Å². The summed E-state index contributed by atoms with van der Waals surface area (Å²) in [4.78, 5) is 28.8. The highest BCUT2D eigenvalue weighted by Crippen LogP contribution is 2.59. The Bertz CT molecular complexity index is 2630. The fraction of sp³-hybridized carbons (Fsp3) is 0.269. The molecule has 5 aromatic carbocycles. The maximum absolute atomic E-state index is 14.2. The third kappa shape index (κ3) is 7.75. The third-order valence-electron chi connectivity index (χ3n) is 12.0. The Labute approximate surface area is 377 Å². The fourth-order valence-electron chi connectivity index (χ4n) is 8.92. The van der Waals surface area contributed by atoms with Crippen LogP contribution < -0.4 is 15.4 Å². The molecule has 0 saturated heterocycles. The first-order valence-electron chi connectivity index (χ1n) is 21.3. The summed E-state index contributed by atoms with van der Waals surface area (Å²) in [5, 5.41) is 40.5. The number of carboxylic acids is 1. The lowest BCUT2D eigenvalue weighted by Gasteiger charge is -2.38. The lowest BCUT2D eigenvalue weighted by Crippen LogP contribution is -2.34. The monoisotopic (exact) mass is 872 g/mol. The van der Waals surface area contributed by atoms with Gasteiger partial charge in [-0.2, -0.15) is 10.5 Å². The number of thioether (sulfide) groups is 2. The van der Waals surface area contributed by atoms with Crippen LogP contribution in [0.3, 0.4) is 0 Å². The molecule has 3 N–H and O–H groups in total. The molecule has 63 heavy (non-hydrogen) atoms. The van der Waals surface area contributed by atoms with Gasteiger partial charge in [0.05, 0.1) is 43.7 Å². The zero-order valence-electron chi connectivity index (χ0n) is 34.5. The van der Waals surface area contributed by atoms with Gasteiger partial charge in [0.15, 0.2) is 5.60 Å². The molecule has 4 aliphatic rings. The lowest BCUT2D eigenvalue weighted by atomic mass is 9.74. The summed E-state index contributed by atoms with van der Waals surface area (Å²) in [6.45, 7) is 4.33. The number of fused-ring (bicyclic) bond motifs is 8. The van der Waals surface area contributed by atoms with Gasteiger partial charge in [-0.05, 0) is 104 Å². The van der Waals surface area contributed by atoms with Crippen molar-refractivity contribution in [3.63, 3.8) is 0 Å². The van der Waals surface area contributed by atoms with Gasteiger partial charge in [0.1, 0.15) is 23.6 Å². The number of nitrogens with zero attached hydrogens (tertiary/aromatic N) is 2. The first-order valence-corrected chi connectivity index (χ1v) is 22.9. The summed E-state index contributed by atoms with van der Waals surface area (Å²) in [7, 11) is 0. The number of nitriles is 2. The van der Waals surface area contributed by atoms with Crippen LogP contribution in [0, 0.1) is 22.7 Å². The molecular formula is C52H48N4O5S2. The third-order valence-corrected chi connectivity index (χ3v) is 14.2. The number of carbonyl (C=O) groups is 2. The number of unbranched alkanes of at least 4 members (excludes halogenated alkanes) is 6. The molecule has 0 saturated carbocycles. The van der Waals surface area contributed by atoms with Gasteiger partial charge < -0.3 is 25.2 Å². The summed E-state index contributed by atoms with van der Waals surface area (Å²) >= 11 is 3.01. The summed E-state index contributed by atoms with van der Waals surface area (Å²) < 4.78 is 13.7. The molecule has 5 aromatic rings. The number of rotatable bonds is 13. The Morgan fingerprint density at radius 2 is 1.19 bits per heavy atom.